The number of hydrogen-bond donors (Lipinski definition) is 2. The van der Waals surface area contributed by atoms with Crippen LogP contribution < -0.4 is 11.1 Å². The van der Waals surface area contributed by atoms with Gasteiger partial charge in [0.2, 0.25) is 5.91 Å². The topological polar surface area (TPSA) is 89.3 Å². The van der Waals surface area contributed by atoms with Crippen LogP contribution in [0.1, 0.15) is 5.56 Å². The second-order valence-corrected chi connectivity index (χ2v) is 7.30. The van der Waals surface area contributed by atoms with Crippen LogP contribution in [-0.4, -0.2) is 37.9 Å². The highest BCUT2D eigenvalue weighted by molar-refractivity contribution is 7.90. The Bertz CT molecular complexity index is 571. The number of thiocarbonyl (C=S) groups is 1. The molecule has 1 rings (SSSR count). The summed E-state index contributed by atoms with van der Waals surface area (Å²) < 4.78 is 22.0. The number of nitrogens with two attached hydrogens (primary N) is 1. The second kappa shape index (κ2) is 7.35. The molecule has 1 atom stereocenters. The molecule has 7 heteroatoms. The van der Waals surface area contributed by atoms with Gasteiger partial charge >= 0.3 is 0 Å². The van der Waals surface area contributed by atoms with Crippen LogP contribution in [0.15, 0.2) is 30.3 Å². The first-order valence-corrected chi connectivity index (χ1v) is 8.55. The van der Waals surface area contributed by atoms with E-state index in [0.29, 0.717) is 6.42 Å². The molecule has 0 spiro atoms. The number of amides is 1. The third-order valence-corrected chi connectivity index (χ3v) is 3.94. The third-order valence-electron chi connectivity index (χ3n) is 2.71. The van der Waals surface area contributed by atoms with Crippen molar-refractivity contribution in [2.45, 2.75) is 6.42 Å². The molecule has 0 fully saturated rings. The predicted molar refractivity (Wildman–Crippen MR) is 83.1 cm³/mol. The van der Waals surface area contributed by atoms with Gasteiger partial charge in [0.25, 0.3) is 0 Å². The van der Waals surface area contributed by atoms with Crippen molar-refractivity contribution in [1.29, 1.82) is 0 Å². The van der Waals surface area contributed by atoms with Crippen molar-refractivity contribution in [2.24, 2.45) is 11.7 Å². The molecule has 0 aliphatic rings. The zero-order chi connectivity index (χ0) is 15.2. The summed E-state index contributed by atoms with van der Waals surface area (Å²) in [4.78, 5) is 12.1. The Morgan fingerprint density at radius 1 is 1.35 bits per heavy atom. The average molecular weight is 314 g/mol. The largest absolute Gasteiger partial charge is 0.393 e. The normalized spacial score (nSPS) is 12.7. The van der Waals surface area contributed by atoms with Gasteiger partial charge in [0.15, 0.2) is 0 Å². The fourth-order valence-electron chi connectivity index (χ4n) is 1.66. The van der Waals surface area contributed by atoms with E-state index in [4.69, 9.17) is 18.0 Å². The van der Waals surface area contributed by atoms with Gasteiger partial charge in [0.1, 0.15) is 9.84 Å². The van der Waals surface area contributed by atoms with Crippen LogP contribution >= 0.6 is 12.2 Å². The number of carbonyl (C=O) groups excluding carboxylic acids is 1. The van der Waals surface area contributed by atoms with Gasteiger partial charge in [0, 0.05) is 12.8 Å². The van der Waals surface area contributed by atoms with Gasteiger partial charge in [-0.05, 0) is 12.0 Å². The molecular weight excluding hydrogens is 296 g/mol. The van der Waals surface area contributed by atoms with Crippen molar-refractivity contribution >= 4 is 33.0 Å². The first-order chi connectivity index (χ1) is 9.29. The van der Waals surface area contributed by atoms with Crippen molar-refractivity contribution in [3.05, 3.63) is 35.9 Å². The van der Waals surface area contributed by atoms with Gasteiger partial charge in [0.05, 0.1) is 16.7 Å². The number of hydrogen-bond acceptors (Lipinski definition) is 4. The first kappa shape index (κ1) is 16.6. The highest BCUT2D eigenvalue weighted by Crippen LogP contribution is 2.09. The molecule has 0 aliphatic carbocycles. The summed E-state index contributed by atoms with van der Waals surface area (Å²) in [5.41, 5.74) is 6.54. The quantitative estimate of drug-likeness (QED) is 0.706. The van der Waals surface area contributed by atoms with Crippen LogP contribution in [0, 0.1) is 5.92 Å². The van der Waals surface area contributed by atoms with E-state index in [1.807, 2.05) is 30.3 Å². The molecule has 0 heterocycles. The van der Waals surface area contributed by atoms with Crippen molar-refractivity contribution < 1.29 is 13.2 Å². The molecule has 0 aliphatic heterocycles. The molecule has 5 nitrogen and oxygen atoms in total. The number of carbonyl (C=O) groups is 1. The van der Waals surface area contributed by atoms with E-state index in [0.717, 1.165) is 11.8 Å². The van der Waals surface area contributed by atoms with Crippen molar-refractivity contribution in [3.8, 4) is 0 Å². The lowest BCUT2D eigenvalue weighted by molar-refractivity contribution is -0.122. The minimum Gasteiger partial charge on any atom is -0.393 e. The lowest BCUT2D eigenvalue weighted by Gasteiger charge is -2.15. The molecule has 0 radical (unpaired) electrons. The Morgan fingerprint density at radius 3 is 2.45 bits per heavy atom. The Balaban J connectivity index is 2.62. The predicted octanol–water partition coefficient (Wildman–Crippen LogP) is 0.292. The van der Waals surface area contributed by atoms with E-state index in [-0.39, 0.29) is 23.2 Å². The molecule has 0 bridgehead atoms. The van der Waals surface area contributed by atoms with Crippen LogP contribution in [-0.2, 0) is 21.1 Å². The molecule has 0 aromatic heterocycles. The Kier molecular flexibility index (Phi) is 6.09. The fourth-order valence-corrected chi connectivity index (χ4v) is 2.32. The van der Waals surface area contributed by atoms with Gasteiger partial charge in [-0.1, -0.05) is 42.5 Å². The molecule has 0 saturated carbocycles. The summed E-state index contributed by atoms with van der Waals surface area (Å²) in [5.74, 6) is -1.08. The van der Waals surface area contributed by atoms with E-state index < -0.39 is 15.8 Å². The van der Waals surface area contributed by atoms with Crippen LogP contribution in [0.4, 0.5) is 0 Å². The van der Waals surface area contributed by atoms with E-state index in [1.54, 1.807) is 0 Å². The van der Waals surface area contributed by atoms with Crippen LogP contribution in [0.25, 0.3) is 0 Å². The molecule has 3 N–H and O–H groups in total. The lowest BCUT2D eigenvalue weighted by atomic mass is 9.98. The molecule has 110 valence electrons. The van der Waals surface area contributed by atoms with Crippen LogP contribution in [0.2, 0.25) is 0 Å². The molecule has 1 amide bonds. The molecule has 1 aromatic carbocycles. The highest BCUT2D eigenvalue weighted by atomic mass is 32.2. The summed E-state index contributed by atoms with van der Waals surface area (Å²) in [5, 5.41) is 2.56. The fraction of sp³-hybridized carbons (Fsp3) is 0.385. The van der Waals surface area contributed by atoms with Crippen molar-refractivity contribution in [3.63, 3.8) is 0 Å². The standard InChI is InChI=1S/C13H18N2O3S2/c1-20(17,18)8-7-15-13(16)11(12(14)19)9-10-5-3-2-4-6-10/h2-6,11H,7-9H2,1H3,(H2,14,19)(H,15,16). The Morgan fingerprint density at radius 2 is 1.95 bits per heavy atom. The maximum absolute atomic E-state index is 12.0. The van der Waals surface area contributed by atoms with Gasteiger partial charge in [-0.25, -0.2) is 8.42 Å². The van der Waals surface area contributed by atoms with Gasteiger partial charge in [-0.2, -0.15) is 0 Å². The zero-order valence-electron chi connectivity index (χ0n) is 11.2. The smallest absolute Gasteiger partial charge is 0.230 e. The first-order valence-electron chi connectivity index (χ1n) is 6.08. The number of benzene rings is 1. The lowest BCUT2D eigenvalue weighted by Crippen LogP contribution is -2.40. The summed E-state index contributed by atoms with van der Waals surface area (Å²) in [6, 6.07) is 9.39. The molecule has 20 heavy (non-hydrogen) atoms. The molecule has 1 aromatic rings. The monoisotopic (exact) mass is 314 g/mol. The average Bonchev–Trinajstić information content (AvgIpc) is 2.35. The maximum Gasteiger partial charge on any atom is 0.230 e. The number of rotatable bonds is 7. The van der Waals surface area contributed by atoms with Crippen LogP contribution in [0.3, 0.4) is 0 Å². The summed E-state index contributed by atoms with van der Waals surface area (Å²) in [7, 11) is -3.10. The minimum atomic E-state index is -3.10. The third kappa shape index (κ3) is 6.12. The molecule has 1 unspecified atom stereocenters. The maximum atomic E-state index is 12.0. The van der Waals surface area contributed by atoms with E-state index in [2.05, 4.69) is 5.32 Å². The van der Waals surface area contributed by atoms with Gasteiger partial charge < -0.3 is 11.1 Å². The van der Waals surface area contributed by atoms with E-state index in [1.165, 1.54) is 0 Å². The highest BCUT2D eigenvalue weighted by Gasteiger charge is 2.21. The molecular formula is C13H18N2O3S2. The van der Waals surface area contributed by atoms with Crippen molar-refractivity contribution in [1.82, 2.24) is 5.32 Å². The summed E-state index contributed by atoms with van der Waals surface area (Å²) in [6.45, 7) is 0.0611. The summed E-state index contributed by atoms with van der Waals surface area (Å²) in [6.07, 6.45) is 1.52. The second-order valence-electron chi connectivity index (χ2n) is 4.57. The SMILES string of the molecule is CS(=O)(=O)CCNC(=O)C(Cc1ccccc1)C(N)=S. The number of nitrogens with one attached hydrogen (secondary N) is 1. The molecule has 0 saturated heterocycles. The Labute approximate surface area is 124 Å². The minimum absolute atomic E-state index is 0.0611. The van der Waals surface area contributed by atoms with Crippen LogP contribution in [0.5, 0.6) is 0 Å². The van der Waals surface area contributed by atoms with Gasteiger partial charge in [-0.15, -0.1) is 0 Å². The Hall–Kier alpha value is -1.47. The zero-order valence-corrected chi connectivity index (χ0v) is 12.8. The van der Waals surface area contributed by atoms with E-state index in [9.17, 15) is 13.2 Å². The summed E-state index contributed by atoms with van der Waals surface area (Å²) >= 11 is 4.91. The number of sulfone groups is 1. The van der Waals surface area contributed by atoms with Crippen molar-refractivity contribution in [2.75, 3.05) is 18.6 Å². The van der Waals surface area contributed by atoms with E-state index >= 15 is 0 Å². The van der Waals surface area contributed by atoms with Gasteiger partial charge in [-0.3, -0.25) is 4.79 Å².